The molecule has 0 unspecified atom stereocenters. The number of aryl methyl sites for hydroxylation is 1. The van der Waals surface area contributed by atoms with Crippen LogP contribution >= 0.6 is 11.5 Å². The van der Waals surface area contributed by atoms with Crippen LogP contribution in [0.2, 0.25) is 0 Å². The van der Waals surface area contributed by atoms with Crippen molar-refractivity contribution in [1.29, 1.82) is 0 Å². The van der Waals surface area contributed by atoms with Gasteiger partial charge < -0.3 is 15.1 Å². The van der Waals surface area contributed by atoms with E-state index >= 15 is 0 Å². The van der Waals surface area contributed by atoms with Crippen molar-refractivity contribution in [3.05, 3.63) is 39.7 Å². The van der Waals surface area contributed by atoms with Crippen LogP contribution in [-0.2, 0) is 0 Å². The van der Waals surface area contributed by atoms with Crippen molar-refractivity contribution in [1.82, 2.24) is 18.9 Å². The number of aromatic nitrogens is 4. The average Bonchev–Trinajstić information content (AvgIpc) is 3.09. The van der Waals surface area contributed by atoms with Crippen molar-refractivity contribution in [3.63, 3.8) is 0 Å². The number of carboxylic acid groups (broad SMARTS) is 1. The number of carboxylic acids is 1. The van der Waals surface area contributed by atoms with Gasteiger partial charge in [0.2, 0.25) is 10.6 Å². The number of halogens is 1. The maximum Gasteiger partial charge on any atom is 0.341 e. The minimum Gasteiger partial charge on any atom is -0.477 e. The van der Waals surface area contributed by atoms with E-state index in [1.807, 2.05) is 0 Å². The smallest absolute Gasteiger partial charge is 0.341 e. The third kappa shape index (κ3) is 2.35. The standard InChI is InChI=1S/C15H12FN5O4S/c1-6-9-11(23)8(14(24)25)4-21(15-17-5-18-26-15)12(9)19-13(10(6)16)20-2-7(22)3-20/h4-5,7,22H,2-3H2,1H3,(H,24,25). The van der Waals surface area contributed by atoms with Gasteiger partial charge in [-0.2, -0.15) is 4.37 Å². The van der Waals surface area contributed by atoms with Gasteiger partial charge in [-0.15, -0.1) is 0 Å². The highest BCUT2D eigenvalue weighted by Crippen LogP contribution is 2.29. The highest BCUT2D eigenvalue weighted by atomic mass is 32.1. The predicted molar refractivity (Wildman–Crippen MR) is 90.7 cm³/mol. The zero-order valence-corrected chi connectivity index (χ0v) is 14.2. The number of nitrogens with zero attached hydrogens (tertiary/aromatic N) is 5. The molecule has 0 radical (unpaired) electrons. The third-order valence-corrected chi connectivity index (χ3v) is 4.91. The Hall–Kier alpha value is -2.92. The molecule has 134 valence electrons. The summed E-state index contributed by atoms with van der Waals surface area (Å²) in [5, 5.41) is 19.0. The minimum atomic E-state index is -1.43. The van der Waals surface area contributed by atoms with Crippen LogP contribution in [0.1, 0.15) is 15.9 Å². The molecule has 0 aromatic carbocycles. The number of carbonyl (C=O) groups is 1. The molecule has 1 saturated heterocycles. The van der Waals surface area contributed by atoms with E-state index < -0.39 is 28.9 Å². The Labute approximate surface area is 149 Å². The normalized spacial score (nSPS) is 14.7. The molecule has 1 aliphatic heterocycles. The second-order valence-electron chi connectivity index (χ2n) is 5.90. The molecule has 1 aliphatic rings. The second-order valence-corrected chi connectivity index (χ2v) is 6.66. The van der Waals surface area contributed by atoms with E-state index in [0.29, 0.717) is 5.13 Å². The molecule has 4 heterocycles. The largest absolute Gasteiger partial charge is 0.477 e. The first-order valence-electron chi connectivity index (χ1n) is 7.57. The van der Waals surface area contributed by atoms with Crippen LogP contribution in [0, 0.1) is 12.7 Å². The van der Waals surface area contributed by atoms with Crippen LogP contribution < -0.4 is 10.3 Å². The van der Waals surface area contributed by atoms with Crippen molar-refractivity contribution in [2.75, 3.05) is 18.0 Å². The Bertz CT molecular complexity index is 1090. The highest BCUT2D eigenvalue weighted by molar-refractivity contribution is 7.08. The summed E-state index contributed by atoms with van der Waals surface area (Å²) < 4.78 is 20.0. The van der Waals surface area contributed by atoms with Crippen LogP contribution in [-0.4, -0.2) is 54.3 Å². The molecule has 0 spiro atoms. The molecule has 0 aliphatic carbocycles. The van der Waals surface area contributed by atoms with Gasteiger partial charge in [-0.1, -0.05) is 0 Å². The monoisotopic (exact) mass is 377 g/mol. The fourth-order valence-electron chi connectivity index (χ4n) is 2.89. The molecule has 0 amide bonds. The molecule has 11 heteroatoms. The van der Waals surface area contributed by atoms with Gasteiger partial charge in [-0.25, -0.2) is 19.2 Å². The SMILES string of the molecule is Cc1c(F)c(N2CC(O)C2)nc2c1c(=O)c(C(=O)O)cn2-c1ncns1. The summed E-state index contributed by atoms with van der Waals surface area (Å²) in [5.74, 6) is -2.14. The maximum atomic E-state index is 14.8. The van der Waals surface area contributed by atoms with Crippen LogP contribution in [0.25, 0.3) is 16.2 Å². The Kier molecular flexibility index (Phi) is 3.70. The molecule has 0 atom stereocenters. The number of β-amino-alcohol motifs (C(OH)–C–C–N with tert-alkyl or cyclic N) is 1. The number of pyridine rings is 2. The lowest BCUT2D eigenvalue weighted by Crippen LogP contribution is -2.51. The molecule has 1 fully saturated rings. The van der Waals surface area contributed by atoms with Crippen molar-refractivity contribution in [3.8, 4) is 5.13 Å². The second kappa shape index (κ2) is 5.81. The quantitative estimate of drug-likeness (QED) is 0.679. The molecule has 26 heavy (non-hydrogen) atoms. The van der Waals surface area contributed by atoms with Gasteiger partial charge in [0, 0.05) is 36.4 Å². The lowest BCUT2D eigenvalue weighted by molar-refractivity contribution is 0.0695. The Morgan fingerprint density at radius 1 is 1.42 bits per heavy atom. The van der Waals surface area contributed by atoms with Gasteiger partial charge in [0.25, 0.3) is 0 Å². The predicted octanol–water partition coefficient (Wildman–Crippen LogP) is 0.564. The van der Waals surface area contributed by atoms with Crippen LogP contribution in [0.3, 0.4) is 0 Å². The van der Waals surface area contributed by atoms with Crippen LogP contribution in [0.5, 0.6) is 0 Å². The summed E-state index contributed by atoms with van der Waals surface area (Å²) in [6.07, 6.45) is 1.84. The zero-order chi connectivity index (χ0) is 18.6. The number of rotatable bonds is 3. The van der Waals surface area contributed by atoms with E-state index in [9.17, 15) is 24.2 Å². The maximum absolute atomic E-state index is 14.8. The number of aliphatic hydroxyl groups excluding tert-OH is 1. The molecule has 3 aromatic heterocycles. The first kappa shape index (κ1) is 16.5. The number of anilines is 1. The molecular formula is C15H12FN5O4S. The molecular weight excluding hydrogens is 365 g/mol. The fourth-order valence-corrected chi connectivity index (χ4v) is 3.40. The van der Waals surface area contributed by atoms with Gasteiger partial charge in [-0.3, -0.25) is 9.36 Å². The number of hydrogen-bond donors (Lipinski definition) is 2. The van der Waals surface area contributed by atoms with E-state index in [1.165, 1.54) is 17.8 Å². The average molecular weight is 377 g/mol. The van der Waals surface area contributed by atoms with Gasteiger partial charge in [0.05, 0.1) is 11.5 Å². The molecule has 9 nitrogen and oxygen atoms in total. The summed E-state index contributed by atoms with van der Waals surface area (Å²) in [4.78, 5) is 33.9. The van der Waals surface area contributed by atoms with Gasteiger partial charge in [-0.05, 0) is 6.92 Å². The Morgan fingerprint density at radius 3 is 2.73 bits per heavy atom. The summed E-state index contributed by atoms with van der Waals surface area (Å²) in [7, 11) is 0. The summed E-state index contributed by atoms with van der Waals surface area (Å²) in [6.45, 7) is 1.85. The molecule has 2 N–H and O–H groups in total. The molecule has 0 saturated carbocycles. The minimum absolute atomic E-state index is 0.000963. The molecule has 0 bridgehead atoms. The lowest BCUT2D eigenvalue weighted by Gasteiger charge is -2.37. The molecule has 4 rings (SSSR count). The number of aliphatic hydroxyl groups is 1. The van der Waals surface area contributed by atoms with Crippen molar-refractivity contribution >= 4 is 34.4 Å². The van der Waals surface area contributed by atoms with Gasteiger partial charge >= 0.3 is 5.97 Å². The van der Waals surface area contributed by atoms with E-state index in [2.05, 4.69) is 14.3 Å². The van der Waals surface area contributed by atoms with E-state index in [0.717, 1.165) is 17.7 Å². The van der Waals surface area contributed by atoms with Gasteiger partial charge in [0.1, 0.15) is 11.9 Å². The van der Waals surface area contributed by atoms with Crippen LogP contribution in [0.4, 0.5) is 10.2 Å². The summed E-state index contributed by atoms with van der Waals surface area (Å²) in [6, 6.07) is 0. The van der Waals surface area contributed by atoms with Crippen molar-refractivity contribution in [2.24, 2.45) is 0 Å². The summed E-state index contributed by atoms with van der Waals surface area (Å²) in [5.41, 5.74) is -1.23. The van der Waals surface area contributed by atoms with E-state index in [-0.39, 0.29) is 35.5 Å². The first-order chi connectivity index (χ1) is 12.4. The topological polar surface area (TPSA) is 121 Å². The highest BCUT2D eigenvalue weighted by Gasteiger charge is 2.31. The molecule has 3 aromatic rings. The van der Waals surface area contributed by atoms with E-state index in [4.69, 9.17) is 0 Å². The third-order valence-electron chi connectivity index (χ3n) is 4.24. The van der Waals surface area contributed by atoms with Gasteiger partial charge in [0.15, 0.2) is 17.3 Å². The first-order valence-corrected chi connectivity index (χ1v) is 8.34. The number of aromatic carboxylic acids is 1. The Morgan fingerprint density at radius 2 is 2.15 bits per heavy atom. The number of hydrogen-bond acceptors (Lipinski definition) is 8. The van der Waals surface area contributed by atoms with E-state index in [1.54, 1.807) is 4.90 Å². The summed E-state index contributed by atoms with van der Waals surface area (Å²) >= 11 is 0.981. The van der Waals surface area contributed by atoms with Crippen LogP contribution in [0.15, 0.2) is 17.3 Å². The zero-order valence-electron chi connectivity index (χ0n) is 13.4. The lowest BCUT2D eigenvalue weighted by atomic mass is 10.1. The van der Waals surface area contributed by atoms with Crippen molar-refractivity contribution < 1.29 is 19.4 Å². The Balaban J connectivity index is 2.09. The van der Waals surface area contributed by atoms with Crippen molar-refractivity contribution in [2.45, 2.75) is 13.0 Å². The number of fused-ring (bicyclic) bond motifs is 1. The fraction of sp³-hybridized carbons (Fsp3) is 0.267.